The lowest BCUT2D eigenvalue weighted by Gasteiger charge is -2.41. The molecule has 0 spiro atoms. The van der Waals surface area contributed by atoms with Crippen LogP contribution in [0.4, 0.5) is 0 Å². The van der Waals surface area contributed by atoms with Crippen LogP contribution in [0.15, 0.2) is 0 Å². The van der Waals surface area contributed by atoms with Gasteiger partial charge in [-0.2, -0.15) is 8.42 Å². The van der Waals surface area contributed by atoms with Crippen molar-refractivity contribution in [3.05, 3.63) is 0 Å². The minimum atomic E-state index is -3.49. The maximum atomic E-state index is 12.0. The van der Waals surface area contributed by atoms with Gasteiger partial charge < -0.3 is 5.32 Å². The number of hydrogen-bond donors (Lipinski definition) is 1. The molecule has 0 aromatic heterocycles. The molecule has 2 aliphatic heterocycles. The van der Waals surface area contributed by atoms with Gasteiger partial charge in [0.15, 0.2) is 0 Å². The number of carbonyl (C=O) groups is 1. The van der Waals surface area contributed by atoms with Crippen molar-refractivity contribution >= 4 is 16.0 Å². The van der Waals surface area contributed by atoms with E-state index in [1.807, 2.05) is 0 Å². The quantitative estimate of drug-likeness (QED) is 0.722. The van der Waals surface area contributed by atoms with Crippen molar-refractivity contribution in [3.8, 4) is 0 Å². The third kappa shape index (κ3) is 2.08. The lowest BCUT2D eigenvalue weighted by atomic mass is 9.66. The number of nitrogens with one attached hydrogen (secondary N) is 1. The van der Waals surface area contributed by atoms with Crippen molar-refractivity contribution < 1.29 is 17.4 Å². The number of hydrogen-bond acceptors (Lipinski definition) is 4. The number of carbonyl (C=O) groups excluding carboxylic acids is 1. The molecule has 0 aromatic carbocycles. The summed E-state index contributed by atoms with van der Waals surface area (Å²) in [6.07, 6.45) is 4.31. The maximum absolute atomic E-state index is 12.0. The summed E-state index contributed by atoms with van der Waals surface area (Å²) in [6, 6.07) is 0.226. The molecule has 1 amide bonds. The Morgan fingerprint density at radius 1 is 1.24 bits per heavy atom. The van der Waals surface area contributed by atoms with Gasteiger partial charge in [-0.3, -0.25) is 8.98 Å². The van der Waals surface area contributed by atoms with Crippen LogP contribution in [0.25, 0.3) is 0 Å². The standard InChI is InChI=1S/C11H17NO4S/c1-17(14,15)16-10-7-2-6-3-8(5-7)12-11(13)9(10)4-6/h6-10H,2-5H2,1H3,(H,12,13)/t6?,7?,8?,9?,10-/m0/s1. The average Bonchev–Trinajstić information content (AvgIpc) is 2.33. The Balaban J connectivity index is 1.92. The fourth-order valence-corrected chi connectivity index (χ4v) is 4.49. The predicted octanol–water partition coefficient (Wildman–Crippen LogP) is 0.266. The first-order chi connectivity index (χ1) is 7.92. The molecule has 2 heterocycles. The molecule has 4 unspecified atom stereocenters. The Morgan fingerprint density at radius 2 is 2.00 bits per heavy atom. The van der Waals surface area contributed by atoms with Gasteiger partial charge in [-0.05, 0) is 37.5 Å². The van der Waals surface area contributed by atoms with Crippen LogP contribution < -0.4 is 5.32 Å². The summed E-state index contributed by atoms with van der Waals surface area (Å²) in [5.74, 6) is 0.475. The third-order valence-corrected chi connectivity index (χ3v) is 4.83. The van der Waals surface area contributed by atoms with Crippen LogP contribution in [0.3, 0.4) is 0 Å². The van der Waals surface area contributed by atoms with Crippen LogP contribution in [-0.2, 0) is 19.1 Å². The van der Waals surface area contributed by atoms with E-state index in [0.717, 1.165) is 31.9 Å². The highest BCUT2D eigenvalue weighted by atomic mass is 32.2. The summed E-state index contributed by atoms with van der Waals surface area (Å²) in [5.41, 5.74) is 0. The van der Waals surface area contributed by atoms with E-state index in [0.29, 0.717) is 5.92 Å². The van der Waals surface area contributed by atoms with E-state index in [-0.39, 0.29) is 23.8 Å². The summed E-state index contributed by atoms with van der Waals surface area (Å²) in [4.78, 5) is 12.0. The zero-order chi connectivity index (χ0) is 12.2. The van der Waals surface area contributed by atoms with Crippen molar-refractivity contribution in [2.75, 3.05) is 6.26 Å². The molecular formula is C11H17NO4S. The fourth-order valence-electron chi connectivity index (χ4n) is 3.80. The number of amides is 1. The van der Waals surface area contributed by atoms with Gasteiger partial charge in [0.2, 0.25) is 5.91 Å². The van der Waals surface area contributed by atoms with Crippen molar-refractivity contribution in [3.63, 3.8) is 0 Å². The monoisotopic (exact) mass is 259 g/mol. The van der Waals surface area contributed by atoms with E-state index in [1.165, 1.54) is 0 Å². The SMILES string of the molecule is CS(=O)(=O)O[C@H]1C2CC3CC(C2)NC(=O)C1C3. The highest BCUT2D eigenvalue weighted by molar-refractivity contribution is 7.86. The highest BCUT2D eigenvalue weighted by Crippen LogP contribution is 2.46. The topological polar surface area (TPSA) is 72.5 Å². The molecule has 96 valence electrons. The van der Waals surface area contributed by atoms with E-state index < -0.39 is 16.2 Å². The normalized spacial score (nSPS) is 44.5. The lowest BCUT2D eigenvalue weighted by Crippen LogP contribution is -2.44. The molecule has 4 rings (SSSR count). The van der Waals surface area contributed by atoms with Gasteiger partial charge in [-0.1, -0.05) is 0 Å². The molecule has 4 aliphatic rings. The van der Waals surface area contributed by atoms with Gasteiger partial charge >= 0.3 is 0 Å². The molecule has 6 heteroatoms. The van der Waals surface area contributed by atoms with Crippen molar-refractivity contribution in [1.82, 2.24) is 5.32 Å². The average molecular weight is 259 g/mol. The summed E-state index contributed by atoms with van der Waals surface area (Å²) in [5, 5.41) is 3.00. The van der Waals surface area contributed by atoms with E-state index in [4.69, 9.17) is 4.18 Å². The number of rotatable bonds is 2. The summed E-state index contributed by atoms with van der Waals surface area (Å²) in [7, 11) is -3.49. The van der Waals surface area contributed by atoms with Crippen molar-refractivity contribution in [2.24, 2.45) is 17.8 Å². The first kappa shape index (κ1) is 11.5. The smallest absolute Gasteiger partial charge is 0.264 e. The first-order valence-electron chi connectivity index (χ1n) is 6.11. The summed E-state index contributed by atoms with van der Waals surface area (Å²) < 4.78 is 27.8. The molecule has 0 radical (unpaired) electrons. The van der Waals surface area contributed by atoms with Gasteiger partial charge in [-0.25, -0.2) is 0 Å². The fraction of sp³-hybridized carbons (Fsp3) is 0.909. The van der Waals surface area contributed by atoms with Gasteiger partial charge in [0.1, 0.15) is 0 Å². The minimum absolute atomic E-state index is 0.0200. The van der Waals surface area contributed by atoms with Crippen LogP contribution in [-0.4, -0.2) is 32.7 Å². The zero-order valence-electron chi connectivity index (χ0n) is 9.76. The van der Waals surface area contributed by atoms with Crippen LogP contribution in [0, 0.1) is 17.8 Å². The summed E-state index contributed by atoms with van der Waals surface area (Å²) in [6.45, 7) is 0. The van der Waals surface area contributed by atoms with Gasteiger partial charge in [0.05, 0.1) is 18.3 Å². The second-order valence-corrected chi connectivity index (χ2v) is 7.25. The minimum Gasteiger partial charge on any atom is -0.353 e. The molecule has 4 fully saturated rings. The molecule has 2 saturated carbocycles. The van der Waals surface area contributed by atoms with Crippen molar-refractivity contribution in [2.45, 2.75) is 37.8 Å². The van der Waals surface area contributed by atoms with Gasteiger partial charge in [0, 0.05) is 6.04 Å². The predicted molar refractivity (Wildman–Crippen MR) is 60.6 cm³/mol. The van der Waals surface area contributed by atoms with Crippen molar-refractivity contribution in [1.29, 1.82) is 0 Å². The van der Waals surface area contributed by atoms with E-state index in [2.05, 4.69) is 5.32 Å². The lowest BCUT2D eigenvalue weighted by molar-refractivity contribution is -0.129. The molecule has 2 aliphatic carbocycles. The molecular weight excluding hydrogens is 242 g/mol. The molecule has 2 saturated heterocycles. The third-order valence-electron chi connectivity index (χ3n) is 4.26. The second-order valence-electron chi connectivity index (χ2n) is 5.65. The van der Waals surface area contributed by atoms with Crippen LogP contribution in [0.1, 0.15) is 25.7 Å². The number of fused-ring (bicyclic) bond motifs is 1. The molecule has 5 nitrogen and oxygen atoms in total. The van der Waals surface area contributed by atoms with E-state index in [9.17, 15) is 13.2 Å². The molecule has 5 atom stereocenters. The zero-order valence-corrected chi connectivity index (χ0v) is 10.6. The molecule has 17 heavy (non-hydrogen) atoms. The molecule has 0 aromatic rings. The van der Waals surface area contributed by atoms with Gasteiger partial charge in [0.25, 0.3) is 10.1 Å². The molecule has 1 N–H and O–H groups in total. The Morgan fingerprint density at radius 3 is 2.71 bits per heavy atom. The Hall–Kier alpha value is -0.620. The van der Waals surface area contributed by atoms with E-state index >= 15 is 0 Å². The first-order valence-corrected chi connectivity index (χ1v) is 7.92. The van der Waals surface area contributed by atoms with Crippen LogP contribution >= 0.6 is 0 Å². The largest absolute Gasteiger partial charge is 0.353 e. The highest BCUT2D eigenvalue weighted by Gasteiger charge is 2.50. The Kier molecular flexibility index (Phi) is 2.49. The Labute approximate surface area is 101 Å². The summed E-state index contributed by atoms with van der Waals surface area (Å²) >= 11 is 0. The second kappa shape index (κ2) is 3.68. The van der Waals surface area contributed by atoms with Crippen LogP contribution in [0.5, 0.6) is 0 Å². The molecule has 4 bridgehead atoms. The van der Waals surface area contributed by atoms with Gasteiger partial charge in [-0.15, -0.1) is 0 Å². The van der Waals surface area contributed by atoms with E-state index in [1.54, 1.807) is 0 Å². The van der Waals surface area contributed by atoms with Crippen LogP contribution in [0.2, 0.25) is 0 Å². The Bertz CT molecular complexity index is 446. The maximum Gasteiger partial charge on any atom is 0.264 e.